The summed E-state index contributed by atoms with van der Waals surface area (Å²) in [4.78, 5) is 4.87. The number of halogens is 4. The number of hydrogen-bond acceptors (Lipinski definition) is 2. The van der Waals surface area contributed by atoms with Crippen molar-refractivity contribution in [1.29, 1.82) is 0 Å². The smallest absolute Gasteiger partial charge is 0.418 e. The fraction of sp³-hybridized carbons (Fsp3) is 0.333. The van der Waals surface area contributed by atoms with Gasteiger partial charge in [-0.2, -0.15) is 5.06 Å². The van der Waals surface area contributed by atoms with Crippen LogP contribution in [0.1, 0.15) is 0 Å². The van der Waals surface area contributed by atoms with Gasteiger partial charge in [0.25, 0.3) is 0 Å². The van der Waals surface area contributed by atoms with Gasteiger partial charge in [-0.15, -0.1) is 0 Å². The van der Waals surface area contributed by atoms with Gasteiger partial charge in [-0.3, -0.25) is 4.84 Å². The average Bonchev–Trinajstić information content (AvgIpc) is 2.03. The van der Waals surface area contributed by atoms with Crippen molar-refractivity contribution in [3.63, 3.8) is 0 Å². The summed E-state index contributed by atoms with van der Waals surface area (Å²) in [5.41, 5.74) is 0. The van der Waals surface area contributed by atoms with E-state index in [2.05, 4.69) is 6.08 Å². The minimum Gasteiger partial charge on any atom is -0.418 e. The van der Waals surface area contributed by atoms with Crippen LogP contribution in [0.3, 0.4) is 0 Å². The summed E-state index contributed by atoms with van der Waals surface area (Å²) >= 11 is 0. The molecule has 0 saturated carbocycles. The van der Waals surface area contributed by atoms with E-state index in [9.17, 15) is 17.3 Å². The van der Waals surface area contributed by atoms with E-state index in [4.69, 9.17) is 4.84 Å². The minimum atomic E-state index is -6.00. The number of hydrogen-bond donors (Lipinski definition) is 0. The zero-order valence-electron chi connectivity index (χ0n) is 6.88. The maximum Gasteiger partial charge on any atom is 0.673 e. The molecule has 2 nitrogen and oxygen atoms in total. The van der Waals surface area contributed by atoms with Crippen molar-refractivity contribution >= 4 is 7.25 Å². The average molecular weight is 197 g/mol. The number of allylic oxidation sites excluding steroid dienone is 2. The first-order valence-electron chi connectivity index (χ1n) is 3.36. The molecule has 0 bridgehead atoms. The number of rotatable bonds is 1. The molecule has 0 aromatic heterocycles. The summed E-state index contributed by atoms with van der Waals surface area (Å²) in [6.45, 7) is 0.799. The molecule has 0 saturated heterocycles. The molecule has 0 spiro atoms. The molecule has 74 valence electrons. The van der Waals surface area contributed by atoms with E-state index in [0.717, 1.165) is 6.54 Å². The Kier molecular flexibility index (Phi) is 5.10. The van der Waals surface area contributed by atoms with E-state index in [1.807, 2.05) is 18.4 Å². The van der Waals surface area contributed by atoms with Crippen LogP contribution >= 0.6 is 0 Å². The van der Waals surface area contributed by atoms with Crippen LogP contribution in [0.4, 0.5) is 17.3 Å². The van der Waals surface area contributed by atoms with Crippen LogP contribution < -0.4 is 0 Å². The Labute approximate surface area is 73.5 Å². The zero-order chi connectivity index (χ0) is 10.3. The summed E-state index contributed by atoms with van der Waals surface area (Å²) in [5, 5.41) is 1.72. The predicted molar refractivity (Wildman–Crippen MR) is 40.9 cm³/mol. The lowest BCUT2D eigenvalue weighted by atomic mass is 10.3. The monoisotopic (exact) mass is 197 g/mol. The molecule has 0 fully saturated rings. The second-order valence-electron chi connectivity index (χ2n) is 1.96. The fourth-order valence-electron chi connectivity index (χ4n) is 0.533. The van der Waals surface area contributed by atoms with Gasteiger partial charge in [0.1, 0.15) is 6.54 Å². The molecule has 0 amide bonds. The Morgan fingerprint density at radius 3 is 2.15 bits per heavy atom. The lowest BCUT2D eigenvalue weighted by Crippen LogP contribution is -2.16. The van der Waals surface area contributed by atoms with Crippen molar-refractivity contribution in [2.75, 3.05) is 13.7 Å². The van der Waals surface area contributed by atoms with E-state index < -0.39 is 7.25 Å². The van der Waals surface area contributed by atoms with Crippen LogP contribution in [0.5, 0.6) is 0 Å². The topological polar surface area (TPSA) is 12.5 Å². The highest BCUT2D eigenvalue weighted by molar-refractivity contribution is 6.50. The molecule has 7 heteroatoms. The van der Waals surface area contributed by atoms with Crippen molar-refractivity contribution in [2.24, 2.45) is 0 Å². The van der Waals surface area contributed by atoms with E-state index in [1.165, 1.54) is 0 Å². The van der Waals surface area contributed by atoms with Crippen molar-refractivity contribution in [1.82, 2.24) is 5.06 Å². The first-order chi connectivity index (χ1) is 5.93. The molecule has 1 aliphatic rings. The van der Waals surface area contributed by atoms with E-state index in [-0.39, 0.29) is 0 Å². The third kappa shape index (κ3) is 10.9. The molecular formula is C6H8BF4NO. The third-order valence-corrected chi connectivity index (χ3v) is 0.961. The molecule has 0 aromatic rings. The maximum atomic E-state index is 9.75. The van der Waals surface area contributed by atoms with Gasteiger partial charge in [-0.05, 0) is 0 Å². The van der Waals surface area contributed by atoms with E-state index in [1.54, 1.807) is 12.2 Å². The Balaban J connectivity index is 0.000000252. The molecule has 0 atom stereocenters. The lowest BCUT2D eigenvalue weighted by molar-refractivity contribution is -0.0792. The summed E-state index contributed by atoms with van der Waals surface area (Å²) in [6.07, 6.45) is 8.47. The van der Waals surface area contributed by atoms with Gasteiger partial charge in [0.2, 0.25) is 0 Å². The molecule has 0 unspecified atom stereocenters. The van der Waals surface area contributed by atoms with Crippen molar-refractivity contribution in [2.45, 2.75) is 0 Å². The Morgan fingerprint density at radius 2 is 1.92 bits per heavy atom. The second kappa shape index (κ2) is 5.56. The van der Waals surface area contributed by atoms with Crippen LogP contribution in [0, 0.1) is 6.08 Å². The van der Waals surface area contributed by atoms with Gasteiger partial charge < -0.3 is 17.3 Å². The van der Waals surface area contributed by atoms with Gasteiger partial charge in [-0.1, -0.05) is 0 Å². The standard InChI is InChI=1S/C6H8NO.BF4/c1-8-7-5-3-2-4-6-7;2-1(3,4)5/h3-5H,6H2,1H3;/q+1;-1. The van der Waals surface area contributed by atoms with Crippen LogP contribution in [-0.4, -0.2) is 26.0 Å². The summed E-state index contributed by atoms with van der Waals surface area (Å²) in [6, 6.07) is 0. The van der Waals surface area contributed by atoms with Gasteiger partial charge in [0, 0.05) is 0 Å². The van der Waals surface area contributed by atoms with E-state index in [0.29, 0.717) is 0 Å². The first kappa shape index (κ1) is 11.9. The zero-order valence-corrected chi connectivity index (χ0v) is 6.88. The normalized spacial score (nSPS) is 14.7. The van der Waals surface area contributed by atoms with Crippen LogP contribution in [0.2, 0.25) is 0 Å². The van der Waals surface area contributed by atoms with Crippen molar-refractivity contribution in [3.05, 3.63) is 24.4 Å². The minimum absolute atomic E-state index is 0.799. The summed E-state index contributed by atoms with van der Waals surface area (Å²) < 4.78 is 39.0. The van der Waals surface area contributed by atoms with Crippen LogP contribution in [0.25, 0.3) is 0 Å². The molecular weight excluding hydrogens is 189 g/mol. The van der Waals surface area contributed by atoms with Gasteiger partial charge in [0.15, 0.2) is 12.3 Å². The van der Waals surface area contributed by atoms with Gasteiger partial charge in [0.05, 0.1) is 19.3 Å². The largest absolute Gasteiger partial charge is 0.673 e. The molecule has 13 heavy (non-hydrogen) atoms. The summed E-state index contributed by atoms with van der Waals surface area (Å²) in [5.74, 6) is 0. The molecule has 0 aliphatic carbocycles. The maximum absolute atomic E-state index is 9.75. The third-order valence-electron chi connectivity index (χ3n) is 0.961. The Hall–Kier alpha value is -1.07. The highest BCUT2D eigenvalue weighted by atomic mass is 19.5. The van der Waals surface area contributed by atoms with Crippen molar-refractivity contribution < 1.29 is 22.1 Å². The lowest BCUT2D eigenvalue weighted by Gasteiger charge is -2.08. The molecule has 1 aliphatic heterocycles. The predicted octanol–water partition coefficient (Wildman–Crippen LogP) is 2.04. The highest BCUT2D eigenvalue weighted by Crippen LogP contribution is 2.06. The molecule has 1 rings (SSSR count). The Morgan fingerprint density at radius 1 is 1.38 bits per heavy atom. The molecule has 0 aromatic carbocycles. The number of nitrogens with zero attached hydrogens (tertiary/aromatic N) is 1. The molecule has 1 heterocycles. The second-order valence-corrected chi connectivity index (χ2v) is 1.96. The van der Waals surface area contributed by atoms with Crippen LogP contribution in [0.15, 0.2) is 18.4 Å². The molecule has 0 N–H and O–H groups in total. The van der Waals surface area contributed by atoms with Crippen molar-refractivity contribution in [3.8, 4) is 0 Å². The quantitative estimate of drug-likeness (QED) is 0.362. The Bertz CT molecular complexity index is 186. The number of hydroxylamine groups is 2. The van der Waals surface area contributed by atoms with Crippen LogP contribution in [-0.2, 0) is 4.84 Å². The molecule has 0 radical (unpaired) electrons. The highest BCUT2D eigenvalue weighted by Gasteiger charge is 2.20. The van der Waals surface area contributed by atoms with Gasteiger partial charge in [-0.25, -0.2) is 0 Å². The summed E-state index contributed by atoms with van der Waals surface area (Å²) in [7, 11) is -4.36. The SMILES string of the molecule is CON1C=C[C+]=CC1.F[B-](F)(F)F. The van der Waals surface area contributed by atoms with E-state index >= 15 is 0 Å². The van der Waals surface area contributed by atoms with Gasteiger partial charge >= 0.3 is 7.25 Å². The fourth-order valence-corrected chi connectivity index (χ4v) is 0.533. The first-order valence-corrected chi connectivity index (χ1v) is 3.36.